The van der Waals surface area contributed by atoms with Crippen LogP contribution in [0.2, 0.25) is 0 Å². The van der Waals surface area contributed by atoms with Gasteiger partial charge < -0.3 is 15.1 Å². The normalized spacial score (nSPS) is 36.4. The van der Waals surface area contributed by atoms with Crippen molar-refractivity contribution < 1.29 is 0 Å². The maximum absolute atomic E-state index is 3.48. The van der Waals surface area contributed by atoms with Crippen molar-refractivity contribution in [1.29, 1.82) is 0 Å². The molecule has 0 amide bonds. The summed E-state index contributed by atoms with van der Waals surface area (Å²) in [6.45, 7) is 2.54. The molecule has 3 heteroatoms. The third kappa shape index (κ3) is 2.58. The molecule has 16 heavy (non-hydrogen) atoms. The molecule has 2 rings (SSSR count). The highest BCUT2D eigenvalue weighted by Crippen LogP contribution is 2.25. The Morgan fingerprint density at radius 1 is 1.25 bits per heavy atom. The maximum atomic E-state index is 3.48. The van der Waals surface area contributed by atoms with E-state index in [0.29, 0.717) is 0 Å². The van der Waals surface area contributed by atoms with Gasteiger partial charge in [0.25, 0.3) is 0 Å². The van der Waals surface area contributed by atoms with Crippen LogP contribution in [0.5, 0.6) is 0 Å². The van der Waals surface area contributed by atoms with Gasteiger partial charge >= 0.3 is 0 Å². The summed E-state index contributed by atoms with van der Waals surface area (Å²) in [5, 5.41) is 3.48. The molecule has 3 unspecified atom stereocenters. The summed E-state index contributed by atoms with van der Waals surface area (Å²) < 4.78 is 0. The Morgan fingerprint density at radius 2 is 2.06 bits per heavy atom. The number of likely N-dealkylation sites (N-methyl/N-ethyl adjacent to an activating group) is 3. The van der Waals surface area contributed by atoms with E-state index in [9.17, 15) is 0 Å². The Kier molecular flexibility index (Phi) is 4.22. The van der Waals surface area contributed by atoms with Gasteiger partial charge in [-0.15, -0.1) is 0 Å². The molecule has 1 aliphatic carbocycles. The van der Waals surface area contributed by atoms with E-state index >= 15 is 0 Å². The van der Waals surface area contributed by atoms with Crippen LogP contribution >= 0.6 is 0 Å². The zero-order valence-electron chi connectivity index (χ0n) is 11.1. The number of nitrogens with one attached hydrogen (secondary N) is 1. The van der Waals surface area contributed by atoms with Crippen molar-refractivity contribution >= 4 is 0 Å². The van der Waals surface area contributed by atoms with Gasteiger partial charge in [0.15, 0.2) is 0 Å². The van der Waals surface area contributed by atoms with Crippen molar-refractivity contribution in [3.8, 4) is 0 Å². The fourth-order valence-corrected chi connectivity index (χ4v) is 3.48. The summed E-state index contributed by atoms with van der Waals surface area (Å²) in [5.41, 5.74) is 0. The SMILES string of the molecule is CNC1CCCC1N(C)CC1CCCN1C. The van der Waals surface area contributed by atoms with Gasteiger partial charge in [0.2, 0.25) is 0 Å². The highest BCUT2D eigenvalue weighted by molar-refractivity contribution is 4.90. The molecule has 0 aromatic heterocycles. The van der Waals surface area contributed by atoms with Gasteiger partial charge in [-0.25, -0.2) is 0 Å². The van der Waals surface area contributed by atoms with E-state index in [1.807, 2.05) is 0 Å². The molecule has 1 heterocycles. The van der Waals surface area contributed by atoms with E-state index < -0.39 is 0 Å². The van der Waals surface area contributed by atoms with Crippen molar-refractivity contribution in [2.75, 3.05) is 34.2 Å². The number of rotatable bonds is 4. The largest absolute Gasteiger partial charge is 0.315 e. The van der Waals surface area contributed by atoms with Crippen molar-refractivity contribution in [3.05, 3.63) is 0 Å². The summed E-state index contributed by atoms with van der Waals surface area (Å²) in [5.74, 6) is 0. The lowest BCUT2D eigenvalue weighted by Gasteiger charge is -2.33. The lowest BCUT2D eigenvalue weighted by molar-refractivity contribution is 0.162. The van der Waals surface area contributed by atoms with E-state index in [1.54, 1.807) is 0 Å². The molecule has 0 bridgehead atoms. The van der Waals surface area contributed by atoms with Crippen molar-refractivity contribution in [3.63, 3.8) is 0 Å². The molecule has 0 spiro atoms. The zero-order valence-corrected chi connectivity index (χ0v) is 11.1. The molecule has 0 radical (unpaired) electrons. The highest BCUT2D eigenvalue weighted by Gasteiger charge is 2.31. The van der Waals surface area contributed by atoms with Crippen LogP contribution in [0.15, 0.2) is 0 Å². The Balaban J connectivity index is 1.84. The summed E-state index contributed by atoms with van der Waals surface area (Å²) in [6.07, 6.45) is 6.89. The maximum Gasteiger partial charge on any atom is 0.0246 e. The van der Waals surface area contributed by atoms with E-state index in [2.05, 4.69) is 36.3 Å². The minimum Gasteiger partial charge on any atom is -0.315 e. The average Bonchev–Trinajstić information content (AvgIpc) is 2.87. The molecule has 1 N–H and O–H groups in total. The summed E-state index contributed by atoms with van der Waals surface area (Å²) >= 11 is 0. The molecular weight excluding hydrogens is 198 g/mol. The Labute approximate surface area is 100 Å². The minimum absolute atomic E-state index is 0.719. The van der Waals surface area contributed by atoms with Crippen LogP contribution in [0.4, 0.5) is 0 Å². The predicted octanol–water partition coefficient (Wildman–Crippen LogP) is 1.15. The monoisotopic (exact) mass is 225 g/mol. The van der Waals surface area contributed by atoms with Gasteiger partial charge in [0.05, 0.1) is 0 Å². The van der Waals surface area contributed by atoms with E-state index in [0.717, 1.165) is 18.1 Å². The molecule has 0 aromatic rings. The number of nitrogens with zero attached hydrogens (tertiary/aromatic N) is 2. The zero-order chi connectivity index (χ0) is 11.5. The number of hydrogen-bond donors (Lipinski definition) is 1. The fourth-order valence-electron chi connectivity index (χ4n) is 3.48. The van der Waals surface area contributed by atoms with Crippen LogP contribution in [0.3, 0.4) is 0 Å². The molecule has 1 saturated heterocycles. The van der Waals surface area contributed by atoms with Crippen LogP contribution in [0.25, 0.3) is 0 Å². The highest BCUT2D eigenvalue weighted by atomic mass is 15.2. The first kappa shape index (κ1) is 12.3. The van der Waals surface area contributed by atoms with Gasteiger partial charge in [-0.2, -0.15) is 0 Å². The first-order valence-corrected chi connectivity index (χ1v) is 6.80. The Hall–Kier alpha value is -0.120. The Bertz CT molecular complexity index is 219. The predicted molar refractivity (Wildman–Crippen MR) is 68.8 cm³/mol. The molecule has 94 valence electrons. The topological polar surface area (TPSA) is 18.5 Å². The molecule has 2 fully saturated rings. The number of likely N-dealkylation sites (tertiary alicyclic amines) is 1. The average molecular weight is 225 g/mol. The van der Waals surface area contributed by atoms with Crippen LogP contribution in [-0.4, -0.2) is 62.2 Å². The van der Waals surface area contributed by atoms with Crippen LogP contribution < -0.4 is 5.32 Å². The fraction of sp³-hybridized carbons (Fsp3) is 1.00. The van der Waals surface area contributed by atoms with E-state index in [1.165, 1.54) is 45.2 Å². The van der Waals surface area contributed by atoms with E-state index in [4.69, 9.17) is 0 Å². The lowest BCUT2D eigenvalue weighted by atomic mass is 10.1. The summed E-state index contributed by atoms with van der Waals surface area (Å²) in [4.78, 5) is 5.13. The Morgan fingerprint density at radius 3 is 2.69 bits per heavy atom. The molecular formula is C13H27N3. The van der Waals surface area contributed by atoms with Gasteiger partial charge in [-0.05, 0) is 53.4 Å². The first-order chi connectivity index (χ1) is 7.72. The molecule has 1 aliphatic heterocycles. The van der Waals surface area contributed by atoms with Crippen molar-refractivity contribution in [1.82, 2.24) is 15.1 Å². The van der Waals surface area contributed by atoms with Crippen LogP contribution in [-0.2, 0) is 0 Å². The van der Waals surface area contributed by atoms with Gasteiger partial charge in [-0.3, -0.25) is 0 Å². The van der Waals surface area contributed by atoms with Gasteiger partial charge in [0, 0.05) is 24.7 Å². The quantitative estimate of drug-likeness (QED) is 0.774. The summed E-state index contributed by atoms with van der Waals surface area (Å²) in [7, 11) is 6.70. The third-order valence-corrected chi connectivity index (χ3v) is 4.59. The molecule has 3 atom stereocenters. The van der Waals surface area contributed by atoms with Crippen LogP contribution in [0.1, 0.15) is 32.1 Å². The van der Waals surface area contributed by atoms with E-state index in [-0.39, 0.29) is 0 Å². The molecule has 2 aliphatic rings. The van der Waals surface area contributed by atoms with Crippen LogP contribution in [0, 0.1) is 0 Å². The smallest absolute Gasteiger partial charge is 0.0246 e. The lowest BCUT2D eigenvalue weighted by Crippen LogP contribution is -2.48. The molecule has 1 saturated carbocycles. The van der Waals surface area contributed by atoms with Crippen molar-refractivity contribution in [2.45, 2.75) is 50.2 Å². The summed E-state index contributed by atoms with van der Waals surface area (Å²) in [6, 6.07) is 2.28. The third-order valence-electron chi connectivity index (χ3n) is 4.59. The van der Waals surface area contributed by atoms with Crippen molar-refractivity contribution in [2.24, 2.45) is 0 Å². The molecule has 0 aromatic carbocycles. The number of hydrogen-bond acceptors (Lipinski definition) is 3. The second-order valence-corrected chi connectivity index (χ2v) is 5.61. The van der Waals surface area contributed by atoms with Gasteiger partial charge in [0.1, 0.15) is 0 Å². The first-order valence-electron chi connectivity index (χ1n) is 6.80. The van der Waals surface area contributed by atoms with Gasteiger partial charge in [-0.1, -0.05) is 6.42 Å². The second-order valence-electron chi connectivity index (χ2n) is 5.61. The molecule has 3 nitrogen and oxygen atoms in total. The standard InChI is InChI=1S/C13H27N3/c1-14-12-7-4-8-13(12)16(3)10-11-6-5-9-15(11)2/h11-14H,4-10H2,1-3H3. The minimum atomic E-state index is 0.719. The second kappa shape index (κ2) is 5.48.